The third kappa shape index (κ3) is 3.16. The van der Waals surface area contributed by atoms with Gasteiger partial charge in [0.05, 0.1) is 0 Å². The lowest BCUT2D eigenvalue weighted by molar-refractivity contribution is 0.244. The summed E-state index contributed by atoms with van der Waals surface area (Å²) >= 11 is 1.79. The average molecular weight is 246 g/mol. The largest absolute Gasteiger partial charge is 0.329 e. The maximum absolute atomic E-state index is 5.90. The monoisotopic (exact) mass is 246 g/mol. The Hall–Kier alpha value is -1.16. The smallest absolute Gasteiger partial charge is 0.0471 e. The molecular weight excluding hydrogens is 228 g/mol. The first-order valence-corrected chi connectivity index (χ1v) is 6.67. The van der Waals surface area contributed by atoms with Crippen LogP contribution in [0.1, 0.15) is 16.5 Å². The van der Waals surface area contributed by atoms with E-state index in [2.05, 4.69) is 53.7 Å². The molecule has 0 aliphatic rings. The molecule has 3 heteroatoms. The van der Waals surface area contributed by atoms with Crippen LogP contribution in [0.4, 0.5) is 0 Å². The van der Waals surface area contributed by atoms with Crippen LogP contribution in [0.3, 0.4) is 0 Å². The molecule has 0 fully saturated rings. The predicted molar refractivity (Wildman–Crippen MR) is 74.0 cm³/mol. The zero-order chi connectivity index (χ0) is 12.1. The molecular formula is C14H18N2S. The topological polar surface area (TPSA) is 29.3 Å². The van der Waals surface area contributed by atoms with Gasteiger partial charge in [0.2, 0.25) is 0 Å². The van der Waals surface area contributed by atoms with Crippen molar-refractivity contribution in [3.63, 3.8) is 0 Å². The highest BCUT2D eigenvalue weighted by atomic mass is 32.1. The molecule has 1 atom stereocenters. The van der Waals surface area contributed by atoms with Gasteiger partial charge in [0.15, 0.2) is 0 Å². The summed E-state index contributed by atoms with van der Waals surface area (Å²) in [5, 5.41) is 2.11. The Morgan fingerprint density at radius 3 is 2.53 bits per heavy atom. The van der Waals surface area contributed by atoms with Crippen LogP contribution in [0.15, 0.2) is 47.8 Å². The first kappa shape index (κ1) is 12.3. The van der Waals surface area contributed by atoms with Crippen molar-refractivity contribution >= 4 is 11.3 Å². The molecule has 2 rings (SSSR count). The van der Waals surface area contributed by atoms with Crippen LogP contribution in [0, 0.1) is 0 Å². The van der Waals surface area contributed by atoms with Gasteiger partial charge in [0.1, 0.15) is 0 Å². The maximum atomic E-state index is 5.90. The van der Waals surface area contributed by atoms with Gasteiger partial charge in [-0.05, 0) is 24.1 Å². The number of thiophene rings is 1. The molecule has 2 nitrogen and oxygen atoms in total. The van der Waals surface area contributed by atoms with Crippen molar-refractivity contribution in [3.8, 4) is 0 Å². The number of benzene rings is 1. The highest BCUT2D eigenvalue weighted by molar-refractivity contribution is 7.09. The Bertz CT molecular complexity index is 425. The minimum Gasteiger partial charge on any atom is -0.329 e. The second-order valence-electron chi connectivity index (χ2n) is 4.16. The SMILES string of the molecule is CN(Cc1cccs1)C(CN)c1ccccc1. The second kappa shape index (κ2) is 5.96. The molecule has 2 aromatic rings. The van der Waals surface area contributed by atoms with Gasteiger partial charge >= 0.3 is 0 Å². The van der Waals surface area contributed by atoms with E-state index in [1.807, 2.05) is 6.07 Å². The van der Waals surface area contributed by atoms with E-state index >= 15 is 0 Å². The lowest BCUT2D eigenvalue weighted by Crippen LogP contribution is -2.29. The minimum atomic E-state index is 0.290. The zero-order valence-electron chi connectivity index (χ0n) is 10.0. The van der Waals surface area contributed by atoms with E-state index < -0.39 is 0 Å². The van der Waals surface area contributed by atoms with Crippen molar-refractivity contribution < 1.29 is 0 Å². The summed E-state index contributed by atoms with van der Waals surface area (Å²) in [6, 6.07) is 15.0. The van der Waals surface area contributed by atoms with Crippen LogP contribution in [0.5, 0.6) is 0 Å². The number of likely N-dealkylation sites (N-methyl/N-ethyl adjacent to an activating group) is 1. The molecule has 17 heavy (non-hydrogen) atoms. The van der Waals surface area contributed by atoms with Crippen LogP contribution in [-0.4, -0.2) is 18.5 Å². The summed E-state index contributed by atoms with van der Waals surface area (Å²) in [7, 11) is 2.13. The number of nitrogens with zero attached hydrogens (tertiary/aromatic N) is 1. The molecule has 1 unspecified atom stereocenters. The average Bonchev–Trinajstić information content (AvgIpc) is 2.84. The third-order valence-electron chi connectivity index (χ3n) is 2.93. The molecule has 0 amide bonds. The lowest BCUT2D eigenvalue weighted by atomic mass is 10.1. The van der Waals surface area contributed by atoms with Crippen molar-refractivity contribution in [2.45, 2.75) is 12.6 Å². The molecule has 1 aromatic carbocycles. The summed E-state index contributed by atoms with van der Waals surface area (Å²) in [5.74, 6) is 0. The van der Waals surface area contributed by atoms with Crippen LogP contribution in [-0.2, 0) is 6.54 Å². The Morgan fingerprint density at radius 1 is 1.18 bits per heavy atom. The predicted octanol–water partition coefficient (Wildman–Crippen LogP) is 2.88. The first-order chi connectivity index (χ1) is 8.31. The molecule has 0 aliphatic heterocycles. The van der Waals surface area contributed by atoms with Crippen molar-refractivity contribution in [3.05, 3.63) is 58.3 Å². The number of hydrogen-bond acceptors (Lipinski definition) is 3. The Labute approximate surface area is 107 Å². The van der Waals surface area contributed by atoms with Gasteiger partial charge in [0.25, 0.3) is 0 Å². The van der Waals surface area contributed by atoms with Gasteiger partial charge in [-0.1, -0.05) is 36.4 Å². The van der Waals surface area contributed by atoms with Crippen LogP contribution in [0.2, 0.25) is 0 Å². The van der Waals surface area contributed by atoms with Crippen LogP contribution >= 0.6 is 11.3 Å². The summed E-state index contributed by atoms with van der Waals surface area (Å²) in [6.45, 7) is 1.60. The van der Waals surface area contributed by atoms with Crippen LogP contribution < -0.4 is 5.73 Å². The van der Waals surface area contributed by atoms with E-state index in [0.29, 0.717) is 12.6 Å². The zero-order valence-corrected chi connectivity index (χ0v) is 10.9. The molecule has 0 saturated carbocycles. The fourth-order valence-electron chi connectivity index (χ4n) is 2.00. The van der Waals surface area contributed by atoms with Gasteiger partial charge in [-0.25, -0.2) is 0 Å². The molecule has 90 valence electrons. The minimum absolute atomic E-state index is 0.290. The summed E-state index contributed by atoms with van der Waals surface area (Å²) in [5.41, 5.74) is 7.18. The van der Waals surface area contributed by atoms with Gasteiger partial charge < -0.3 is 5.73 Å². The van der Waals surface area contributed by atoms with E-state index in [4.69, 9.17) is 5.73 Å². The van der Waals surface area contributed by atoms with E-state index in [0.717, 1.165) is 6.54 Å². The Kier molecular flexibility index (Phi) is 4.31. The molecule has 2 N–H and O–H groups in total. The van der Waals surface area contributed by atoms with E-state index in [-0.39, 0.29) is 0 Å². The fraction of sp³-hybridized carbons (Fsp3) is 0.286. The quantitative estimate of drug-likeness (QED) is 0.879. The molecule has 0 saturated heterocycles. The molecule has 1 aromatic heterocycles. The van der Waals surface area contributed by atoms with Crippen LogP contribution in [0.25, 0.3) is 0 Å². The van der Waals surface area contributed by atoms with Gasteiger partial charge in [-0.15, -0.1) is 11.3 Å². The van der Waals surface area contributed by atoms with Gasteiger partial charge in [-0.2, -0.15) is 0 Å². The molecule has 0 aliphatic carbocycles. The Morgan fingerprint density at radius 2 is 1.94 bits per heavy atom. The summed E-state index contributed by atoms with van der Waals surface area (Å²) < 4.78 is 0. The maximum Gasteiger partial charge on any atom is 0.0471 e. The molecule has 0 radical (unpaired) electrons. The number of rotatable bonds is 5. The Balaban J connectivity index is 2.08. The van der Waals surface area contributed by atoms with Crippen molar-refractivity contribution in [1.82, 2.24) is 4.90 Å². The standard InChI is InChI=1S/C14H18N2S/c1-16(11-13-8-5-9-17-13)14(10-15)12-6-3-2-4-7-12/h2-9,14H,10-11,15H2,1H3. The number of hydrogen-bond donors (Lipinski definition) is 1. The van der Waals surface area contributed by atoms with E-state index in [1.165, 1.54) is 10.4 Å². The fourth-order valence-corrected chi connectivity index (χ4v) is 2.77. The van der Waals surface area contributed by atoms with Gasteiger partial charge in [-0.3, -0.25) is 4.90 Å². The number of nitrogens with two attached hydrogens (primary N) is 1. The summed E-state index contributed by atoms with van der Waals surface area (Å²) in [6.07, 6.45) is 0. The molecule has 1 heterocycles. The van der Waals surface area contributed by atoms with E-state index in [9.17, 15) is 0 Å². The first-order valence-electron chi connectivity index (χ1n) is 5.79. The van der Waals surface area contributed by atoms with E-state index in [1.54, 1.807) is 11.3 Å². The highest BCUT2D eigenvalue weighted by Gasteiger charge is 2.15. The third-order valence-corrected chi connectivity index (χ3v) is 3.79. The van der Waals surface area contributed by atoms with Crippen molar-refractivity contribution in [1.29, 1.82) is 0 Å². The molecule has 0 bridgehead atoms. The lowest BCUT2D eigenvalue weighted by Gasteiger charge is -2.26. The molecule has 0 spiro atoms. The summed E-state index contributed by atoms with van der Waals surface area (Å²) in [4.78, 5) is 3.68. The normalized spacial score (nSPS) is 12.9. The van der Waals surface area contributed by atoms with Crippen molar-refractivity contribution in [2.75, 3.05) is 13.6 Å². The van der Waals surface area contributed by atoms with Crippen molar-refractivity contribution in [2.24, 2.45) is 5.73 Å². The van der Waals surface area contributed by atoms with Gasteiger partial charge in [0, 0.05) is 24.0 Å². The highest BCUT2D eigenvalue weighted by Crippen LogP contribution is 2.21. The second-order valence-corrected chi connectivity index (χ2v) is 5.19.